The number of rotatable bonds is 9. The number of pyridine rings is 1. The minimum atomic E-state index is -3.06. The number of sulfone groups is 1. The third kappa shape index (κ3) is 4.22. The van der Waals surface area contributed by atoms with Gasteiger partial charge in [-0.3, -0.25) is 0 Å². The predicted octanol–water partition coefficient (Wildman–Crippen LogP) is 2.30. The van der Waals surface area contributed by atoms with Crippen LogP contribution in [-0.2, 0) is 32.5 Å². The summed E-state index contributed by atoms with van der Waals surface area (Å²) >= 11 is 0. The van der Waals surface area contributed by atoms with Crippen molar-refractivity contribution in [3.63, 3.8) is 0 Å². The van der Waals surface area contributed by atoms with Gasteiger partial charge in [0.1, 0.15) is 27.8 Å². The van der Waals surface area contributed by atoms with Crippen molar-refractivity contribution >= 4 is 37.6 Å². The van der Waals surface area contributed by atoms with Gasteiger partial charge in [-0.05, 0) is 25.8 Å². The second kappa shape index (κ2) is 7.55. The summed E-state index contributed by atoms with van der Waals surface area (Å²) in [5.41, 5.74) is 8.22. The van der Waals surface area contributed by atoms with E-state index in [-0.39, 0.29) is 18.0 Å². The van der Waals surface area contributed by atoms with Crippen molar-refractivity contribution in [3.05, 3.63) is 30.1 Å². The van der Waals surface area contributed by atoms with Crippen LogP contribution in [0.4, 0.5) is 5.82 Å². The number of nitrogen functional groups attached to an aromatic ring is 1. The molecule has 0 bridgehead atoms. The lowest BCUT2D eigenvalue weighted by Crippen LogP contribution is -2.26. The Balaban J connectivity index is 1.75. The first-order valence-corrected chi connectivity index (χ1v) is 11.8. The first kappa shape index (κ1) is 20.1. The zero-order valence-corrected chi connectivity index (χ0v) is 17.5. The van der Waals surface area contributed by atoms with Crippen molar-refractivity contribution in [1.29, 1.82) is 0 Å². The second-order valence-electron chi connectivity index (χ2n) is 7.62. The molecule has 0 aliphatic heterocycles. The number of nitrogens with zero attached hydrogens (tertiary/aromatic N) is 3. The number of imidazole rings is 1. The Morgan fingerprint density at radius 3 is 2.69 bits per heavy atom. The van der Waals surface area contributed by atoms with Gasteiger partial charge in [0.25, 0.3) is 0 Å². The Hall–Kier alpha value is -2.23. The van der Waals surface area contributed by atoms with Crippen LogP contribution in [0.2, 0.25) is 0 Å². The van der Waals surface area contributed by atoms with Crippen molar-refractivity contribution < 1.29 is 17.9 Å². The SMILES string of the molecule is CCOCc1nc2c(N)nc3ccccc3c2n1CC1(OCCS(C)(=O)=O)CC1. The van der Waals surface area contributed by atoms with Crippen LogP contribution in [0.3, 0.4) is 0 Å². The van der Waals surface area contributed by atoms with E-state index in [1.54, 1.807) is 0 Å². The highest BCUT2D eigenvalue weighted by Crippen LogP contribution is 2.43. The van der Waals surface area contributed by atoms with Gasteiger partial charge in [0, 0.05) is 18.2 Å². The highest BCUT2D eigenvalue weighted by atomic mass is 32.2. The Morgan fingerprint density at radius 1 is 1.24 bits per heavy atom. The maximum Gasteiger partial charge on any atom is 0.152 e. The fourth-order valence-corrected chi connectivity index (χ4v) is 3.95. The Kier molecular flexibility index (Phi) is 5.22. The Labute approximate surface area is 169 Å². The molecule has 4 rings (SSSR count). The van der Waals surface area contributed by atoms with E-state index in [0.717, 1.165) is 35.1 Å². The number of hydrogen-bond acceptors (Lipinski definition) is 7. The zero-order valence-electron chi connectivity index (χ0n) is 16.7. The van der Waals surface area contributed by atoms with Crippen molar-refractivity contribution in [1.82, 2.24) is 14.5 Å². The van der Waals surface area contributed by atoms with Crippen molar-refractivity contribution in [2.75, 3.05) is 31.0 Å². The highest BCUT2D eigenvalue weighted by molar-refractivity contribution is 7.90. The van der Waals surface area contributed by atoms with Crippen LogP contribution in [0, 0.1) is 0 Å². The van der Waals surface area contributed by atoms with E-state index in [1.807, 2.05) is 31.2 Å². The van der Waals surface area contributed by atoms with Gasteiger partial charge in [-0.1, -0.05) is 18.2 Å². The summed E-state index contributed by atoms with van der Waals surface area (Å²) in [5, 5.41) is 0.971. The molecule has 0 saturated heterocycles. The number of aromatic nitrogens is 3. The summed E-state index contributed by atoms with van der Waals surface area (Å²) in [5.74, 6) is 1.17. The van der Waals surface area contributed by atoms with Gasteiger partial charge in [0.2, 0.25) is 0 Å². The largest absolute Gasteiger partial charge is 0.382 e. The number of ether oxygens (including phenoxy) is 2. The van der Waals surface area contributed by atoms with Gasteiger partial charge in [-0.2, -0.15) is 0 Å². The molecule has 9 heteroatoms. The molecule has 0 radical (unpaired) electrons. The second-order valence-corrected chi connectivity index (χ2v) is 9.88. The minimum Gasteiger partial charge on any atom is -0.382 e. The molecule has 0 unspecified atom stereocenters. The van der Waals surface area contributed by atoms with Gasteiger partial charge >= 0.3 is 0 Å². The number of fused-ring (bicyclic) bond motifs is 3. The quantitative estimate of drug-likeness (QED) is 0.568. The smallest absolute Gasteiger partial charge is 0.152 e. The fraction of sp³-hybridized carbons (Fsp3) is 0.500. The molecule has 8 nitrogen and oxygen atoms in total. The molecule has 3 aromatic rings. The van der Waals surface area contributed by atoms with Gasteiger partial charge in [0.05, 0.1) is 35.5 Å². The van der Waals surface area contributed by atoms with Crippen LogP contribution < -0.4 is 5.73 Å². The maximum absolute atomic E-state index is 11.5. The normalized spacial score (nSPS) is 15.9. The third-order valence-corrected chi connectivity index (χ3v) is 6.15. The summed E-state index contributed by atoms with van der Waals surface area (Å²) in [6, 6.07) is 7.84. The average Bonchev–Trinajstić information content (AvgIpc) is 3.32. The fourth-order valence-electron chi connectivity index (χ4n) is 3.56. The molecule has 0 amide bonds. The van der Waals surface area contributed by atoms with E-state index in [2.05, 4.69) is 9.55 Å². The van der Waals surface area contributed by atoms with E-state index >= 15 is 0 Å². The number of anilines is 1. The lowest BCUT2D eigenvalue weighted by molar-refractivity contribution is 0.0290. The number of benzene rings is 1. The lowest BCUT2D eigenvalue weighted by Gasteiger charge is -2.20. The predicted molar refractivity (Wildman–Crippen MR) is 112 cm³/mol. The summed E-state index contributed by atoms with van der Waals surface area (Å²) in [6.07, 6.45) is 2.98. The van der Waals surface area contributed by atoms with Gasteiger partial charge in [-0.15, -0.1) is 0 Å². The number of hydrogen-bond donors (Lipinski definition) is 1. The highest BCUT2D eigenvalue weighted by Gasteiger charge is 2.45. The molecule has 1 saturated carbocycles. The van der Waals surface area contributed by atoms with Crippen molar-refractivity contribution in [2.24, 2.45) is 0 Å². The summed E-state index contributed by atoms with van der Waals surface area (Å²) in [7, 11) is -3.06. The number of para-hydroxylation sites is 1. The molecule has 0 atom stereocenters. The van der Waals surface area contributed by atoms with Gasteiger partial charge < -0.3 is 19.8 Å². The molecule has 1 aromatic carbocycles. The van der Waals surface area contributed by atoms with Crippen LogP contribution in [0.25, 0.3) is 21.9 Å². The monoisotopic (exact) mass is 418 g/mol. The molecule has 156 valence electrons. The van der Waals surface area contributed by atoms with Crippen LogP contribution in [0.1, 0.15) is 25.6 Å². The lowest BCUT2D eigenvalue weighted by atomic mass is 10.2. The summed E-state index contributed by atoms with van der Waals surface area (Å²) < 4.78 is 36.7. The van der Waals surface area contributed by atoms with Crippen LogP contribution >= 0.6 is 0 Å². The molecule has 1 aliphatic carbocycles. The topological polar surface area (TPSA) is 109 Å². The van der Waals surface area contributed by atoms with Crippen LogP contribution in [0.15, 0.2) is 24.3 Å². The molecular weight excluding hydrogens is 392 g/mol. The molecule has 0 spiro atoms. The van der Waals surface area contributed by atoms with E-state index in [4.69, 9.17) is 20.2 Å². The van der Waals surface area contributed by atoms with Crippen molar-refractivity contribution in [3.8, 4) is 0 Å². The first-order valence-electron chi connectivity index (χ1n) is 9.75. The molecular formula is C20H26N4O4S. The maximum atomic E-state index is 11.5. The summed E-state index contributed by atoms with van der Waals surface area (Å²) in [4.78, 5) is 9.22. The molecule has 2 heterocycles. The van der Waals surface area contributed by atoms with Gasteiger partial charge in [-0.25, -0.2) is 18.4 Å². The minimum absolute atomic E-state index is 0.0189. The molecule has 2 aromatic heterocycles. The van der Waals surface area contributed by atoms with E-state index < -0.39 is 9.84 Å². The average molecular weight is 419 g/mol. The Bertz CT molecular complexity index is 1150. The number of nitrogens with two attached hydrogens (primary N) is 1. The zero-order chi connectivity index (χ0) is 20.6. The molecule has 29 heavy (non-hydrogen) atoms. The van der Waals surface area contributed by atoms with Crippen LogP contribution in [0.5, 0.6) is 0 Å². The van der Waals surface area contributed by atoms with Crippen LogP contribution in [-0.4, -0.2) is 53.8 Å². The molecule has 1 fully saturated rings. The third-order valence-electron chi connectivity index (χ3n) is 5.24. The van der Waals surface area contributed by atoms with E-state index in [0.29, 0.717) is 31.1 Å². The summed E-state index contributed by atoms with van der Waals surface area (Å²) in [6.45, 7) is 3.64. The van der Waals surface area contributed by atoms with Crippen molar-refractivity contribution in [2.45, 2.75) is 38.5 Å². The first-order chi connectivity index (χ1) is 13.8. The van der Waals surface area contributed by atoms with Gasteiger partial charge in [0.15, 0.2) is 5.82 Å². The Morgan fingerprint density at radius 2 is 2.00 bits per heavy atom. The molecule has 2 N–H and O–H groups in total. The van der Waals surface area contributed by atoms with E-state index in [9.17, 15) is 8.42 Å². The van der Waals surface area contributed by atoms with E-state index in [1.165, 1.54) is 6.26 Å². The molecule has 1 aliphatic rings. The standard InChI is InChI=1S/C20H26N4O4S/c1-3-27-12-16-23-17-18(14-6-4-5-7-15(14)22-19(17)21)24(16)13-20(8-9-20)28-10-11-29(2,25)26/h4-7H,3,8-13H2,1-2H3,(H2,21,22).